The quantitative estimate of drug-likeness (QED) is 0.633. The molecule has 0 aliphatic carbocycles. The van der Waals surface area contributed by atoms with Crippen molar-refractivity contribution in [2.45, 2.75) is 19.8 Å². The van der Waals surface area contributed by atoms with Gasteiger partial charge in [-0.3, -0.25) is 4.79 Å². The molecule has 30 heavy (non-hydrogen) atoms. The molecule has 3 aromatic rings. The lowest BCUT2D eigenvalue weighted by atomic mass is 9.97. The van der Waals surface area contributed by atoms with Gasteiger partial charge in [0.05, 0.1) is 16.6 Å². The Morgan fingerprint density at radius 1 is 1.13 bits per heavy atom. The summed E-state index contributed by atoms with van der Waals surface area (Å²) in [7, 11) is 0. The van der Waals surface area contributed by atoms with Gasteiger partial charge in [-0.25, -0.2) is 4.39 Å². The van der Waals surface area contributed by atoms with E-state index in [2.05, 4.69) is 20.4 Å². The van der Waals surface area contributed by atoms with Crippen molar-refractivity contribution in [2.75, 3.05) is 23.3 Å². The van der Waals surface area contributed by atoms with Crippen molar-refractivity contribution in [3.05, 3.63) is 71.0 Å². The van der Waals surface area contributed by atoms with Crippen molar-refractivity contribution in [1.82, 2.24) is 10.2 Å². The summed E-state index contributed by atoms with van der Waals surface area (Å²) in [5, 5.41) is 11.6. The highest BCUT2D eigenvalue weighted by atomic mass is 35.5. The van der Waals surface area contributed by atoms with Crippen LogP contribution in [0.1, 0.15) is 18.4 Å². The van der Waals surface area contributed by atoms with Gasteiger partial charge in [0.1, 0.15) is 5.82 Å². The van der Waals surface area contributed by atoms with Crippen molar-refractivity contribution in [2.24, 2.45) is 5.92 Å². The monoisotopic (exact) mass is 424 g/mol. The molecule has 0 spiro atoms. The topological polar surface area (TPSA) is 58.1 Å². The molecule has 4 rings (SSSR count). The maximum atomic E-state index is 13.3. The van der Waals surface area contributed by atoms with Crippen molar-refractivity contribution in [3.8, 4) is 11.3 Å². The first-order valence-electron chi connectivity index (χ1n) is 9.91. The van der Waals surface area contributed by atoms with Crippen LogP contribution < -0.4 is 10.2 Å². The van der Waals surface area contributed by atoms with Crippen LogP contribution in [0.4, 0.5) is 15.9 Å². The molecule has 1 atom stereocenters. The van der Waals surface area contributed by atoms with E-state index in [-0.39, 0.29) is 16.8 Å². The van der Waals surface area contributed by atoms with Crippen LogP contribution in [0.15, 0.2) is 54.6 Å². The van der Waals surface area contributed by atoms with Crippen LogP contribution in [0, 0.1) is 18.7 Å². The Morgan fingerprint density at radius 3 is 2.63 bits per heavy atom. The van der Waals surface area contributed by atoms with Gasteiger partial charge in [-0.1, -0.05) is 41.4 Å². The van der Waals surface area contributed by atoms with Crippen LogP contribution in [0.2, 0.25) is 5.02 Å². The molecule has 1 aliphatic rings. The number of aryl methyl sites for hydroxylation is 1. The standard InChI is InChI=1S/C23H22ClFN4O/c1-15-4-6-16(7-5-15)21-10-11-22(28-27-21)29-12-2-3-17(14-29)23(30)26-18-8-9-20(25)19(24)13-18/h4-11,13,17H,2-3,12,14H2,1H3,(H,26,30)/t17-/m1/s1. The highest BCUT2D eigenvalue weighted by Crippen LogP contribution is 2.25. The van der Waals surface area contributed by atoms with Gasteiger partial charge >= 0.3 is 0 Å². The molecule has 1 amide bonds. The highest BCUT2D eigenvalue weighted by molar-refractivity contribution is 6.31. The third-order valence-electron chi connectivity index (χ3n) is 5.30. The summed E-state index contributed by atoms with van der Waals surface area (Å²) < 4.78 is 13.3. The van der Waals surface area contributed by atoms with Crippen molar-refractivity contribution >= 4 is 29.0 Å². The van der Waals surface area contributed by atoms with Crippen LogP contribution >= 0.6 is 11.6 Å². The number of amides is 1. The fraction of sp³-hybridized carbons (Fsp3) is 0.261. The van der Waals surface area contributed by atoms with Crippen molar-refractivity contribution in [1.29, 1.82) is 0 Å². The number of hydrogen-bond acceptors (Lipinski definition) is 4. The number of carbonyl (C=O) groups excluding carboxylic acids is 1. The predicted octanol–water partition coefficient (Wildman–Crippen LogP) is 5.10. The average molecular weight is 425 g/mol. The maximum Gasteiger partial charge on any atom is 0.229 e. The van der Waals surface area contributed by atoms with Crippen LogP contribution in [0.5, 0.6) is 0 Å². The zero-order valence-electron chi connectivity index (χ0n) is 16.6. The minimum atomic E-state index is -0.508. The van der Waals surface area contributed by atoms with Crippen molar-refractivity contribution in [3.63, 3.8) is 0 Å². The van der Waals surface area contributed by atoms with Crippen LogP contribution in [0.25, 0.3) is 11.3 Å². The molecule has 1 aliphatic heterocycles. The van der Waals surface area contributed by atoms with Gasteiger partial charge in [-0.2, -0.15) is 0 Å². The summed E-state index contributed by atoms with van der Waals surface area (Å²) in [6.45, 7) is 3.43. The molecule has 154 valence electrons. The van der Waals surface area contributed by atoms with Gasteiger partial charge in [0.2, 0.25) is 5.91 Å². The van der Waals surface area contributed by atoms with E-state index in [0.29, 0.717) is 12.2 Å². The van der Waals surface area contributed by atoms with Gasteiger partial charge in [0.25, 0.3) is 0 Å². The Bertz CT molecular complexity index is 1040. The van der Waals surface area contributed by atoms with E-state index in [1.807, 2.05) is 43.3 Å². The molecule has 2 heterocycles. The van der Waals surface area contributed by atoms with Gasteiger partial charge in [0, 0.05) is 24.3 Å². The molecule has 1 saturated heterocycles. The predicted molar refractivity (Wildman–Crippen MR) is 117 cm³/mol. The summed E-state index contributed by atoms with van der Waals surface area (Å²) in [4.78, 5) is 14.8. The zero-order valence-corrected chi connectivity index (χ0v) is 17.4. The second-order valence-corrected chi connectivity index (χ2v) is 7.95. The van der Waals surface area contributed by atoms with Gasteiger partial charge < -0.3 is 10.2 Å². The number of anilines is 2. The van der Waals surface area contributed by atoms with Gasteiger partial charge in [0.15, 0.2) is 5.82 Å². The molecule has 0 saturated carbocycles. The number of nitrogens with one attached hydrogen (secondary N) is 1. The first kappa shape index (κ1) is 20.3. The lowest BCUT2D eigenvalue weighted by molar-refractivity contribution is -0.120. The lowest BCUT2D eigenvalue weighted by Gasteiger charge is -2.32. The number of carbonyl (C=O) groups is 1. The Balaban J connectivity index is 1.42. The lowest BCUT2D eigenvalue weighted by Crippen LogP contribution is -2.41. The molecule has 1 fully saturated rings. The van der Waals surface area contributed by atoms with Crippen LogP contribution in [-0.4, -0.2) is 29.2 Å². The summed E-state index contributed by atoms with van der Waals surface area (Å²) in [5.74, 6) is -0.0490. The summed E-state index contributed by atoms with van der Waals surface area (Å²) in [6.07, 6.45) is 1.66. The fourth-order valence-corrected chi connectivity index (χ4v) is 3.77. The van der Waals surface area contributed by atoms with Crippen molar-refractivity contribution < 1.29 is 9.18 Å². The summed E-state index contributed by atoms with van der Waals surface area (Å²) in [6, 6.07) is 16.2. The Kier molecular flexibility index (Phi) is 5.95. The number of halogens is 2. The normalized spacial score (nSPS) is 16.4. The number of benzene rings is 2. The third-order valence-corrected chi connectivity index (χ3v) is 5.59. The SMILES string of the molecule is Cc1ccc(-c2ccc(N3CCC[C@@H](C(=O)Nc4ccc(F)c(Cl)c4)C3)nn2)cc1. The molecule has 1 aromatic heterocycles. The largest absolute Gasteiger partial charge is 0.354 e. The molecule has 0 unspecified atom stereocenters. The molecule has 2 aromatic carbocycles. The highest BCUT2D eigenvalue weighted by Gasteiger charge is 2.27. The molecule has 5 nitrogen and oxygen atoms in total. The maximum absolute atomic E-state index is 13.3. The molecule has 7 heteroatoms. The van der Waals surface area contributed by atoms with Gasteiger partial charge in [-0.05, 0) is 50.1 Å². The zero-order chi connectivity index (χ0) is 21.1. The van der Waals surface area contributed by atoms with E-state index in [9.17, 15) is 9.18 Å². The van der Waals surface area contributed by atoms with E-state index in [1.54, 1.807) is 0 Å². The first-order chi connectivity index (χ1) is 14.5. The Labute approximate surface area is 179 Å². The van der Waals surface area contributed by atoms with Crippen LogP contribution in [-0.2, 0) is 4.79 Å². The summed E-state index contributed by atoms with van der Waals surface area (Å²) >= 11 is 5.80. The minimum absolute atomic E-state index is 0.0120. The average Bonchev–Trinajstić information content (AvgIpc) is 2.77. The van der Waals surface area contributed by atoms with E-state index < -0.39 is 5.82 Å². The number of nitrogens with zero attached hydrogens (tertiary/aromatic N) is 3. The number of rotatable bonds is 4. The number of piperidine rings is 1. The molecule has 0 bridgehead atoms. The third kappa shape index (κ3) is 4.60. The molecular weight excluding hydrogens is 403 g/mol. The smallest absolute Gasteiger partial charge is 0.229 e. The number of aromatic nitrogens is 2. The van der Waals surface area contributed by atoms with E-state index in [4.69, 9.17) is 11.6 Å². The second-order valence-electron chi connectivity index (χ2n) is 7.55. The fourth-order valence-electron chi connectivity index (χ4n) is 3.59. The first-order valence-corrected chi connectivity index (χ1v) is 10.3. The summed E-state index contributed by atoms with van der Waals surface area (Å²) in [5.41, 5.74) is 3.53. The van der Waals surface area contributed by atoms with Gasteiger partial charge in [-0.15, -0.1) is 10.2 Å². The number of hydrogen-bond donors (Lipinski definition) is 1. The van der Waals surface area contributed by atoms with Crippen LogP contribution in [0.3, 0.4) is 0 Å². The minimum Gasteiger partial charge on any atom is -0.354 e. The molecule has 0 radical (unpaired) electrons. The van der Waals surface area contributed by atoms with E-state index in [0.717, 1.165) is 36.5 Å². The Morgan fingerprint density at radius 2 is 1.93 bits per heavy atom. The second kappa shape index (κ2) is 8.79. The van der Waals surface area contributed by atoms with E-state index in [1.165, 1.54) is 23.8 Å². The molecular formula is C23H22ClFN4O. The van der Waals surface area contributed by atoms with E-state index >= 15 is 0 Å². The molecule has 1 N–H and O–H groups in total. The Hall–Kier alpha value is -2.99.